The van der Waals surface area contributed by atoms with Crippen molar-refractivity contribution in [2.75, 3.05) is 54.9 Å². The number of nitrogens with one attached hydrogen (secondary N) is 1. The summed E-state index contributed by atoms with van der Waals surface area (Å²) in [6.07, 6.45) is 2.72. The average molecular weight is 477 g/mol. The first kappa shape index (κ1) is 23.6. The summed E-state index contributed by atoms with van der Waals surface area (Å²) >= 11 is 0. The molecule has 1 N–H and O–H groups in total. The third-order valence-corrected chi connectivity index (χ3v) is 7.38. The number of nitrogens with zero attached hydrogens (tertiary/aromatic N) is 5. The molecule has 1 atom stereocenters. The van der Waals surface area contributed by atoms with Gasteiger partial charge in [0.15, 0.2) is 5.82 Å². The number of fused-ring (bicyclic) bond motifs is 1. The average Bonchev–Trinajstić information content (AvgIpc) is 3.67. The number of likely N-dealkylation sites (N-methyl/N-ethyl adjacent to an activating group) is 1. The van der Waals surface area contributed by atoms with Crippen LogP contribution in [0.4, 0.5) is 23.0 Å². The Morgan fingerprint density at radius 2 is 1.86 bits per heavy atom. The molecule has 8 heteroatoms. The minimum absolute atomic E-state index is 0.0632. The van der Waals surface area contributed by atoms with E-state index in [0.29, 0.717) is 11.4 Å². The standard InChI is InChI=1S/C27H36N6O2/c1-18(2)33-19(3)26(34)30(4)23-10-11-24(29-25(23)33)28-22-7-5-6-21(16-22)27(35)32-14-12-31(13-15-32)17-20-8-9-20/h5-7,10-11,16,18-20H,8-9,12-15,17H2,1-4H3,(H,28,29)/t19-/m1/s1. The number of hydrogen-bond acceptors (Lipinski definition) is 6. The molecule has 2 aliphatic heterocycles. The molecule has 8 nitrogen and oxygen atoms in total. The number of hydrogen-bond donors (Lipinski definition) is 1. The van der Waals surface area contributed by atoms with Crippen molar-refractivity contribution in [2.24, 2.45) is 5.92 Å². The Morgan fingerprint density at radius 1 is 1.11 bits per heavy atom. The van der Waals surface area contributed by atoms with Crippen LogP contribution in [0.15, 0.2) is 36.4 Å². The highest BCUT2D eigenvalue weighted by atomic mass is 16.2. The normalized spacial score (nSPS) is 20.9. The van der Waals surface area contributed by atoms with E-state index in [1.165, 1.54) is 19.4 Å². The third kappa shape index (κ3) is 4.85. The number of benzene rings is 1. The number of carbonyl (C=O) groups is 2. The van der Waals surface area contributed by atoms with E-state index in [9.17, 15) is 9.59 Å². The quantitative estimate of drug-likeness (QED) is 0.687. The molecule has 186 valence electrons. The highest BCUT2D eigenvalue weighted by molar-refractivity contribution is 6.04. The van der Waals surface area contributed by atoms with Gasteiger partial charge in [-0.2, -0.15) is 0 Å². The molecule has 2 fully saturated rings. The Bertz CT molecular complexity index is 1110. The summed E-state index contributed by atoms with van der Waals surface area (Å²) in [6.45, 7) is 10.7. The molecule has 1 aromatic heterocycles. The van der Waals surface area contributed by atoms with Gasteiger partial charge in [-0.25, -0.2) is 4.98 Å². The number of anilines is 4. The summed E-state index contributed by atoms with van der Waals surface area (Å²) in [5.41, 5.74) is 2.31. The fourth-order valence-corrected chi connectivity index (χ4v) is 5.22. The van der Waals surface area contributed by atoms with Crippen molar-refractivity contribution in [3.05, 3.63) is 42.0 Å². The van der Waals surface area contributed by atoms with Gasteiger partial charge in [0.05, 0.1) is 5.69 Å². The van der Waals surface area contributed by atoms with Gasteiger partial charge in [-0.15, -0.1) is 0 Å². The zero-order valence-electron chi connectivity index (χ0n) is 21.2. The lowest BCUT2D eigenvalue weighted by atomic mass is 10.1. The number of amides is 2. The van der Waals surface area contributed by atoms with Crippen LogP contribution in [-0.4, -0.2) is 78.5 Å². The van der Waals surface area contributed by atoms with Crippen LogP contribution in [0, 0.1) is 5.92 Å². The van der Waals surface area contributed by atoms with Gasteiger partial charge in [-0.1, -0.05) is 6.07 Å². The van der Waals surface area contributed by atoms with Crippen molar-refractivity contribution in [1.82, 2.24) is 14.8 Å². The summed E-state index contributed by atoms with van der Waals surface area (Å²) in [5.74, 6) is 2.50. The van der Waals surface area contributed by atoms with E-state index in [1.54, 1.807) is 11.9 Å². The Balaban J connectivity index is 1.30. The van der Waals surface area contributed by atoms with Gasteiger partial charge in [-0.3, -0.25) is 14.5 Å². The SMILES string of the molecule is CC(C)N1c2nc(Nc3cccc(C(=O)N4CCN(CC5CC5)CC4)c3)ccc2N(C)C(=O)[C@H]1C. The van der Waals surface area contributed by atoms with Gasteiger partial charge >= 0.3 is 0 Å². The summed E-state index contributed by atoms with van der Waals surface area (Å²) in [6, 6.07) is 11.3. The van der Waals surface area contributed by atoms with Gasteiger partial charge in [0.1, 0.15) is 11.9 Å². The van der Waals surface area contributed by atoms with Gasteiger partial charge in [0.25, 0.3) is 5.91 Å². The molecule has 35 heavy (non-hydrogen) atoms. The summed E-state index contributed by atoms with van der Waals surface area (Å²) in [4.78, 5) is 38.9. The molecule has 2 aromatic rings. The van der Waals surface area contributed by atoms with Crippen LogP contribution >= 0.6 is 0 Å². The Morgan fingerprint density at radius 3 is 2.54 bits per heavy atom. The topological polar surface area (TPSA) is 72.0 Å². The monoisotopic (exact) mass is 476 g/mol. The van der Waals surface area contributed by atoms with E-state index in [1.807, 2.05) is 48.2 Å². The maximum Gasteiger partial charge on any atom is 0.254 e. The highest BCUT2D eigenvalue weighted by Crippen LogP contribution is 2.36. The van der Waals surface area contributed by atoms with Crippen LogP contribution in [0.3, 0.4) is 0 Å². The van der Waals surface area contributed by atoms with Crippen LogP contribution in [0.5, 0.6) is 0 Å². The number of piperazine rings is 1. The Labute approximate surface area is 207 Å². The van der Waals surface area contributed by atoms with Crippen molar-refractivity contribution in [3.63, 3.8) is 0 Å². The summed E-state index contributed by atoms with van der Waals surface area (Å²) in [5, 5.41) is 3.37. The molecule has 0 bridgehead atoms. The van der Waals surface area contributed by atoms with Gasteiger partial charge in [0.2, 0.25) is 5.91 Å². The lowest BCUT2D eigenvalue weighted by Crippen LogP contribution is -2.53. The van der Waals surface area contributed by atoms with Crippen LogP contribution in [0.1, 0.15) is 44.0 Å². The van der Waals surface area contributed by atoms with E-state index >= 15 is 0 Å². The molecule has 2 amide bonds. The molecule has 3 heterocycles. The minimum atomic E-state index is -0.277. The smallest absolute Gasteiger partial charge is 0.254 e. The molecular formula is C27H36N6O2. The van der Waals surface area contributed by atoms with E-state index in [-0.39, 0.29) is 23.9 Å². The lowest BCUT2D eigenvalue weighted by Gasteiger charge is -2.41. The van der Waals surface area contributed by atoms with E-state index in [4.69, 9.17) is 4.98 Å². The zero-order chi connectivity index (χ0) is 24.7. The van der Waals surface area contributed by atoms with Crippen LogP contribution in [0.2, 0.25) is 0 Å². The van der Waals surface area contributed by atoms with Gasteiger partial charge < -0.3 is 20.0 Å². The number of rotatable bonds is 6. The molecule has 0 spiro atoms. The van der Waals surface area contributed by atoms with Crippen molar-refractivity contribution in [2.45, 2.75) is 45.7 Å². The van der Waals surface area contributed by atoms with Crippen molar-refractivity contribution in [3.8, 4) is 0 Å². The fraction of sp³-hybridized carbons (Fsp3) is 0.519. The molecular weight excluding hydrogens is 440 g/mol. The van der Waals surface area contributed by atoms with Crippen LogP contribution < -0.4 is 15.1 Å². The van der Waals surface area contributed by atoms with E-state index < -0.39 is 0 Å². The van der Waals surface area contributed by atoms with Crippen molar-refractivity contribution >= 4 is 34.8 Å². The second-order valence-electron chi connectivity index (χ2n) is 10.4. The van der Waals surface area contributed by atoms with Crippen molar-refractivity contribution in [1.29, 1.82) is 0 Å². The van der Waals surface area contributed by atoms with Crippen molar-refractivity contribution < 1.29 is 9.59 Å². The number of pyridine rings is 1. The molecule has 1 aromatic carbocycles. The lowest BCUT2D eigenvalue weighted by molar-refractivity contribution is -0.119. The molecule has 1 saturated heterocycles. The highest BCUT2D eigenvalue weighted by Gasteiger charge is 2.36. The van der Waals surface area contributed by atoms with E-state index in [2.05, 4.69) is 29.0 Å². The first-order valence-corrected chi connectivity index (χ1v) is 12.8. The van der Waals surface area contributed by atoms with E-state index in [0.717, 1.165) is 49.3 Å². The predicted molar refractivity (Wildman–Crippen MR) is 140 cm³/mol. The zero-order valence-corrected chi connectivity index (χ0v) is 21.2. The second-order valence-corrected chi connectivity index (χ2v) is 10.4. The Kier molecular flexibility index (Phi) is 6.40. The first-order valence-electron chi connectivity index (χ1n) is 12.8. The predicted octanol–water partition coefficient (Wildman–Crippen LogP) is 3.57. The summed E-state index contributed by atoms with van der Waals surface area (Å²) in [7, 11) is 1.80. The maximum absolute atomic E-state index is 13.2. The van der Waals surface area contributed by atoms with Crippen LogP contribution in [-0.2, 0) is 4.79 Å². The third-order valence-electron chi connectivity index (χ3n) is 7.38. The summed E-state index contributed by atoms with van der Waals surface area (Å²) < 4.78 is 0. The molecule has 3 aliphatic rings. The maximum atomic E-state index is 13.2. The molecule has 1 saturated carbocycles. The minimum Gasteiger partial charge on any atom is -0.341 e. The molecule has 1 aliphatic carbocycles. The van der Waals surface area contributed by atoms with Gasteiger partial charge in [0, 0.05) is 57.1 Å². The number of aromatic nitrogens is 1. The largest absolute Gasteiger partial charge is 0.341 e. The second kappa shape index (κ2) is 9.49. The molecule has 0 unspecified atom stereocenters. The fourth-order valence-electron chi connectivity index (χ4n) is 5.22. The Hall–Kier alpha value is -3.13. The van der Waals surface area contributed by atoms with Crippen LogP contribution in [0.25, 0.3) is 0 Å². The van der Waals surface area contributed by atoms with Gasteiger partial charge in [-0.05, 0) is 69.9 Å². The number of carbonyl (C=O) groups excluding carboxylic acids is 2. The first-order chi connectivity index (χ1) is 16.8. The molecule has 5 rings (SSSR count). The molecule has 0 radical (unpaired) electrons.